The van der Waals surface area contributed by atoms with Crippen LogP contribution in [0, 0.1) is 17.0 Å². The maximum absolute atomic E-state index is 13.9. The van der Waals surface area contributed by atoms with Gasteiger partial charge < -0.3 is 4.74 Å². The number of hydrogen-bond acceptors (Lipinski definition) is 5. The zero-order chi connectivity index (χ0) is 24.8. The number of benzene rings is 4. The molecule has 1 amide bonds. The maximum Gasteiger partial charge on any atom is 0.269 e. The lowest BCUT2D eigenvalue weighted by atomic mass is 10.1. The highest BCUT2D eigenvalue weighted by atomic mass is 16.6. The minimum absolute atomic E-state index is 0.0863. The number of ether oxygens (including phenoxy) is 1. The van der Waals surface area contributed by atoms with Crippen molar-refractivity contribution in [2.45, 2.75) is 6.92 Å². The van der Waals surface area contributed by atoms with Gasteiger partial charge in [-0.25, -0.2) is 4.99 Å². The summed E-state index contributed by atoms with van der Waals surface area (Å²) in [6, 6.07) is 29.7. The number of nitrogens with zero attached hydrogens (tertiary/aromatic N) is 3. The molecule has 4 rings (SSSR count). The smallest absolute Gasteiger partial charge is 0.269 e. The molecule has 35 heavy (non-hydrogen) atoms. The number of nitro benzene ring substituents is 1. The number of para-hydroxylation sites is 1. The van der Waals surface area contributed by atoms with Crippen LogP contribution in [0.4, 0.5) is 17.1 Å². The van der Waals surface area contributed by atoms with Crippen LogP contribution in [-0.2, 0) is 0 Å². The number of aryl methyl sites for hydroxylation is 1. The summed E-state index contributed by atoms with van der Waals surface area (Å²) in [6.07, 6.45) is 0. The Hall–Kier alpha value is -4.78. The minimum Gasteiger partial charge on any atom is -0.497 e. The second-order valence-electron chi connectivity index (χ2n) is 7.78. The lowest BCUT2D eigenvalue weighted by Gasteiger charge is -2.25. The van der Waals surface area contributed by atoms with Gasteiger partial charge in [-0.2, -0.15) is 0 Å². The predicted molar refractivity (Wildman–Crippen MR) is 137 cm³/mol. The van der Waals surface area contributed by atoms with Gasteiger partial charge in [0.25, 0.3) is 11.6 Å². The van der Waals surface area contributed by atoms with Crippen LogP contribution in [0.2, 0.25) is 0 Å². The Morgan fingerprint density at radius 3 is 2.00 bits per heavy atom. The van der Waals surface area contributed by atoms with Crippen LogP contribution in [0.5, 0.6) is 5.75 Å². The fraction of sp³-hybridized carbons (Fsp3) is 0.0714. The van der Waals surface area contributed by atoms with E-state index in [9.17, 15) is 14.9 Å². The molecule has 0 aromatic heterocycles. The third kappa shape index (κ3) is 5.42. The molecule has 7 nitrogen and oxygen atoms in total. The highest BCUT2D eigenvalue weighted by molar-refractivity contribution is 6.28. The SMILES string of the molecule is COc1ccc(C(=Nc2ccccc2)N(C(=O)c2ccc([N+](=O)[O-])cc2)c2ccc(C)cc2)cc1. The molecule has 0 N–H and O–H groups in total. The van der Waals surface area contributed by atoms with Crippen LogP contribution >= 0.6 is 0 Å². The van der Waals surface area contributed by atoms with Crippen molar-refractivity contribution in [1.82, 2.24) is 0 Å². The van der Waals surface area contributed by atoms with Crippen LogP contribution in [0.15, 0.2) is 108 Å². The molecule has 0 saturated carbocycles. The van der Waals surface area contributed by atoms with Crippen molar-refractivity contribution in [1.29, 1.82) is 0 Å². The van der Waals surface area contributed by atoms with E-state index >= 15 is 0 Å². The van der Waals surface area contributed by atoms with E-state index in [1.807, 2.05) is 73.7 Å². The Labute approximate surface area is 203 Å². The molecule has 4 aromatic carbocycles. The number of hydrogen-bond donors (Lipinski definition) is 0. The molecule has 0 aliphatic rings. The molecule has 0 radical (unpaired) electrons. The van der Waals surface area contributed by atoms with E-state index in [0.717, 1.165) is 5.56 Å². The monoisotopic (exact) mass is 465 g/mol. The summed E-state index contributed by atoms with van der Waals surface area (Å²) in [5.74, 6) is 0.719. The summed E-state index contributed by atoms with van der Waals surface area (Å²) < 4.78 is 5.30. The van der Waals surface area contributed by atoms with Gasteiger partial charge in [-0.3, -0.25) is 19.8 Å². The minimum atomic E-state index is -0.494. The van der Waals surface area contributed by atoms with E-state index in [4.69, 9.17) is 9.73 Å². The lowest BCUT2D eigenvalue weighted by molar-refractivity contribution is -0.384. The van der Waals surface area contributed by atoms with Crippen molar-refractivity contribution in [3.05, 3.63) is 130 Å². The Morgan fingerprint density at radius 1 is 0.829 bits per heavy atom. The fourth-order valence-corrected chi connectivity index (χ4v) is 3.49. The molecule has 0 heterocycles. The highest BCUT2D eigenvalue weighted by Crippen LogP contribution is 2.26. The number of amides is 1. The van der Waals surface area contributed by atoms with Gasteiger partial charge in [0.15, 0.2) is 0 Å². The van der Waals surface area contributed by atoms with Gasteiger partial charge in [0.2, 0.25) is 0 Å². The van der Waals surface area contributed by atoms with Gasteiger partial charge in [0.05, 0.1) is 23.4 Å². The highest BCUT2D eigenvalue weighted by Gasteiger charge is 2.25. The summed E-state index contributed by atoms with van der Waals surface area (Å²) >= 11 is 0. The number of anilines is 1. The van der Waals surface area contributed by atoms with Crippen LogP contribution in [0.25, 0.3) is 0 Å². The molecule has 0 aliphatic heterocycles. The molecule has 0 saturated heterocycles. The van der Waals surface area contributed by atoms with Crippen LogP contribution in [0.1, 0.15) is 21.5 Å². The number of carbonyl (C=O) groups excluding carboxylic acids is 1. The molecule has 0 unspecified atom stereocenters. The summed E-state index contributed by atoms with van der Waals surface area (Å²) in [5, 5.41) is 11.1. The number of amidine groups is 1. The van der Waals surface area contributed by atoms with E-state index in [-0.39, 0.29) is 11.6 Å². The number of nitro groups is 1. The number of aliphatic imine (C=N–C) groups is 1. The van der Waals surface area contributed by atoms with Crippen molar-refractivity contribution in [3.63, 3.8) is 0 Å². The molecular formula is C28H23N3O4. The van der Waals surface area contributed by atoms with Crippen molar-refractivity contribution < 1.29 is 14.5 Å². The largest absolute Gasteiger partial charge is 0.497 e. The number of carbonyl (C=O) groups is 1. The molecule has 0 aliphatic carbocycles. The Balaban J connectivity index is 1.90. The van der Waals surface area contributed by atoms with Gasteiger partial charge in [-0.1, -0.05) is 35.9 Å². The van der Waals surface area contributed by atoms with Gasteiger partial charge in [0, 0.05) is 23.3 Å². The predicted octanol–water partition coefficient (Wildman–Crippen LogP) is 6.34. The third-order valence-corrected chi connectivity index (χ3v) is 5.37. The Morgan fingerprint density at radius 2 is 1.43 bits per heavy atom. The summed E-state index contributed by atoms with van der Waals surface area (Å²) in [6.45, 7) is 1.97. The van der Waals surface area contributed by atoms with Gasteiger partial charge in [-0.15, -0.1) is 0 Å². The quantitative estimate of drug-likeness (QED) is 0.144. The Bertz CT molecular complexity index is 1350. The first-order chi connectivity index (χ1) is 17.0. The van der Waals surface area contributed by atoms with E-state index in [1.54, 1.807) is 19.2 Å². The molecule has 0 fully saturated rings. The number of rotatable bonds is 6. The van der Waals surface area contributed by atoms with Gasteiger partial charge in [-0.05, 0) is 67.6 Å². The van der Waals surface area contributed by atoms with Crippen molar-refractivity contribution >= 4 is 28.8 Å². The molecule has 0 bridgehead atoms. The standard InChI is InChI=1S/C28H23N3O4/c1-20-8-14-24(15-9-20)30(28(32)22-10-16-25(17-11-22)31(33)34)27(29-23-6-4-3-5-7-23)21-12-18-26(35-2)19-13-21/h3-19H,1-2H3. The van der Waals surface area contributed by atoms with E-state index in [0.29, 0.717) is 34.1 Å². The average Bonchev–Trinajstić information content (AvgIpc) is 2.90. The zero-order valence-corrected chi connectivity index (χ0v) is 19.3. The van der Waals surface area contributed by atoms with Crippen molar-refractivity contribution in [2.24, 2.45) is 4.99 Å². The average molecular weight is 466 g/mol. The molecule has 0 atom stereocenters. The first kappa shape index (κ1) is 23.4. The van der Waals surface area contributed by atoms with Crippen LogP contribution in [0.3, 0.4) is 0 Å². The van der Waals surface area contributed by atoms with E-state index in [2.05, 4.69) is 0 Å². The van der Waals surface area contributed by atoms with Crippen molar-refractivity contribution in [3.8, 4) is 5.75 Å². The van der Waals surface area contributed by atoms with Crippen LogP contribution in [-0.4, -0.2) is 23.8 Å². The second-order valence-corrected chi connectivity index (χ2v) is 7.78. The van der Waals surface area contributed by atoms with E-state index in [1.165, 1.54) is 29.2 Å². The first-order valence-corrected chi connectivity index (χ1v) is 10.9. The number of methoxy groups -OCH3 is 1. The summed E-state index contributed by atoms with van der Waals surface area (Å²) in [7, 11) is 1.59. The lowest BCUT2D eigenvalue weighted by Crippen LogP contribution is -2.37. The molecule has 0 spiro atoms. The number of non-ortho nitro benzene ring substituents is 1. The normalized spacial score (nSPS) is 11.1. The van der Waals surface area contributed by atoms with Gasteiger partial charge >= 0.3 is 0 Å². The first-order valence-electron chi connectivity index (χ1n) is 10.9. The Kier molecular flexibility index (Phi) is 6.97. The van der Waals surface area contributed by atoms with Gasteiger partial charge in [0.1, 0.15) is 11.6 Å². The molecular weight excluding hydrogens is 442 g/mol. The fourth-order valence-electron chi connectivity index (χ4n) is 3.49. The zero-order valence-electron chi connectivity index (χ0n) is 19.3. The van der Waals surface area contributed by atoms with Crippen LogP contribution < -0.4 is 9.64 Å². The summed E-state index contributed by atoms with van der Waals surface area (Å²) in [4.78, 5) is 30.9. The summed E-state index contributed by atoms with van der Waals surface area (Å²) in [5.41, 5.74) is 3.24. The van der Waals surface area contributed by atoms with Crippen molar-refractivity contribution in [2.75, 3.05) is 12.0 Å². The second kappa shape index (κ2) is 10.4. The molecule has 174 valence electrons. The molecule has 7 heteroatoms. The topological polar surface area (TPSA) is 85.0 Å². The molecule has 4 aromatic rings. The third-order valence-electron chi connectivity index (χ3n) is 5.37. The van der Waals surface area contributed by atoms with E-state index < -0.39 is 4.92 Å². The maximum atomic E-state index is 13.9.